The third kappa shape index (κ3) is 6.29. The minimum atomic E-state index is -3.49. The predicted octanol–water partition coefficient (Wildman–Crippen LogP) is 7.77. The van der Waals surface area contributed by atoms with Crippen LogP contribution in [0.1, 0.15) is 0 Å². The molecule has 10 aromatic rings. The quantitative estimate of drug-likeness (QED) is 0.136. The maximum absolute atomic E-state index is 16.0. The zero-order chi connectivity index (χ0) is 39.8. The maximum atomic E-state index is 16.0. The second kappa shape index (κ2) is 15.0. The van der Waals surface area contributed by atoms with Crippen molar-refractivity contribution in [2.45, 2.75) is 0 Å². The van der Waals surface area contributed by atoms with Crippen molar-refractivity contribution in [2.24, 2.45) is 0 Å². The molecule has 0 aliphatic carbocycles. The molecule has 0 bridgehead atoms. The van der Waals surface area contributed by atoms with E-state index >= 15 is 9.13 Å². The molecule has 4 aromatic heterocycles. The first-order chi connectivity index (χ1) is 29.0. The second-order valence-electron chi connectivity index (χ2n) is 14.0. The molecule has 10 rings (SSSR count). The van der Waals surface area contributed by atoms with Crippen LogP contribution in [-0.2, 0) is 9.13 Å². The van der Waals surface area contributed by atoms with Gasteiger partial charge in [-0.15, -0.1) is 20.4 Å². The van der Waals surface area contributed by atoms with Gasteiger partial charge in [-0.05, 0) is 48.5 Å². The van der Waals surface area contributed by atoms with Gasteiger partial charge < -0.3 is 9.13 Å². The van der Waals surface area contributed by atoms with Gasteiger partial charge in [-0.3, -0.25) is 14.5 Å². The van der Waals surface area contributed by atoms with Crippen LogP contribution in [0, 0.1) is 0 Å². The van der Waals surface area contributed by atoms with Crippen LogP contribution in [-0.4, -0.2) is 34.9 Å². The highest BCUT2D eigenvalue weighted by atomic mass is 31.2. The van der Waals surface area contributed by atoms with Crippen LogP contribution in [0.25, 0.3) is 50.3 Å². The highest BCUT2D eigenvalue weighted by Gasteiger charge is 2.33. The van der Waals surface area contributed by atoms with Gasteiger partial charge in [0.15, 0.2) is 20.6 Å². The fourth-order valence-electron chi connectivity index (χ4n) is 7.85. The lowest BCUT2D eigenvalue weighted by Crippen LogP contribution is -2.25. The highest BCUT2D eigenvalue weighted by Crippen LogP contribution is 2.46. The second-order valence-corrected chi connectivity index (χ2v) is 19.5. The molecule has 2 unspecified atom stereocenters. The standard InChI is InChI=1S/C48H33N7O2P2/c56-58(36-15-3-1-4-16-36,38-19-11-13-34(29-38)44-21-7-9-27-49-44)40-23-25-42-43-26-24-41(32-47(43)55(46(42)31-40)48-53-51-33-52-54-48)59(57,37-17-5-2-6-18-37)39-20-12-14-35(30-39)45-22-8-10-28-50-45/h1-33H. The molecule has 59 heavy (non-hydrogen) atoms. The number of hydrogen-bond acceptors (Lipinski definition) is 8. The van der Waals surface area contributed by atoms with Crippen LogP contribution in [0.15, 0.2) is 201 Å². The van der Waals surface area contributed by atoms with Gasteiger partial charge >= 0.3 is 0 Å². The highest BCUT2D eigenvalue weighted by molar-refractivity contribution is 7.85. The first kappa shape index (κ1) is 36.2. The minimum absolute atomic E-state index is 0.222. The van der Waals surface area contributed by atoms with Gasteiger partial charge in [-0.2, -0.15) is 0 Å². The van der Waals surface area contributed by atoms with E-state index in [1.807, 2.05) is 187 Å². The smallest absolute Gasteiger partial charge is 0.273 e. The topological polar surface area (TPSA) is 116 Å². The van der Waals surface area contributed by atoms with E-state index in [4.69, 9.17) is 0 Å². The number of hydrogen-bond donors (Lipinski definition) is 0. The summed E-state index contributed by atoms with van der Waals surface area (Å²) >= 11 is 0. The molecule has 0 spiro atoms. The van der Waals surface area contributed by atoms with E-state index in [9.17, 15) is 0 Å². The van der Waals surface area contributed by atoms with E-state index in [1.54, 1.807) is 12.4 Å². The molecule has 0 aliphatic rings. The molecule has 0 radical (unpaired) electrons. The number of aromatic nitrogens is 7. The average molecular weight is 802 g/mol. The number of benzene rings is 6. The van der Waals surface area contributed by atoms with Gasteiger partial charge in [-0.1, -0.05) is 133 Å². The third-order valence-corrected chi connectivity index (χ3v) is 16.7. The molecular weight excluding hydrogens is 769 g/mol. The van der Waals surface area contributed by atoms with Crippen molar-refractivity contribution in [3.8, 4) is 28.5 Å². The Kier molecular flexibility index (Phi) is 9.17. The normalized spacial score (nSPS) is 13.5. The number of pyridine rings is 2. The van der Waals surface area contributed by atoms with Crippen molar-refractivity contribution in [1.29, 1.82) is 0 Å². The molecule has 0 amide bonds. The number of rotatable bonds is 9. The Hall–Kier alpha value is -7.18. The molecule has 11 heteroatoms. The Morgan fingerprint density at radius 3 is 1.25 bits per heavy atom. The Morgan fingerprint density at radius 1 is 0.390 bits per heavy atom. The van der Waals surface area contributed by atoms with E-state index in [-0.39, 0.29) is 5.95 Å². The van der Waals surface area contributed by atoms with E-state index in [0.29, 0.717) is 42.9 Å². The Morgan fingerprint density at radius 2 is 0.814 bits per heavy atom. The van der Waals surface area contributed by atoms with E-state index < -0.39 is 14.3 Å². The van der Waals surface area contributed by atoms with Crippen LogP contribution in [0.4, 0.5) is 0 Å². The fraction of sp³-hybridized carbons (Fsp3) is 0. The van der Waals surface area contributed by atoms with E-state index in [1.165, 1.54) is 6.33 Å². The molecule has 282 valence electrons. The Balaban J connectivity index is 1.21. The zero-order valence-electron chi connectivity index (χ0n) is 31.4. The summed E-state index contributed by atoms with van der Waals surface area (Å²) in [5.41, 5.74) is 4.72. The lowest BCUT2D eigenvalue weighted by molar-refractivity contribution is 0.591. The predicted molar refractivity (Wildman–Crippen MR) is 237 cm³/mol. The molecular formula is C48H33N7O2P2. The van der Waals surface area contributed by atoms with Gasteiger partial charge in [0.2, 0.25) is 0 Å². The van der Waals surface area contributed by atoms with Crippen molar-refractivity contribution in [3.05, 3.63) is 201 Å². The maximum Gasteiger partial charge on any atom is 0.273 e. The van der Waals surface area contributed by atoms with Gasteiger partial charge in [0.05, 0.1) is 22.4 Å². The molecule has 0 saturated carbocycles. The number of fused-ring (bicyclic) bond motifs is 3. The van der Waals surface area contributed by atoms with Crippen LogP contribution >= 0.6 is 14.3 Å². The molecule has 4 heterocycles. The summed E-state index contributed by atoms with van der Waals surface area (Å²) < 4.78 is 33.9. The SMILES string of the molecule is O=P(c1ccccc1)(c1cccc(-c2ccccn2)c1)c1ccc2c3ccc(P(=O)(c4ccccc4)c4cccc(-c5ccccn5)c4)cc3n(-c3nncnn3)c2c1. The summed E-state index contributed by atoms with van der Waals surface area (Å²) in [6.45, 7) is 0. The first-order valence-electron chi connectivity index (χ1n) is 19.0. The van der Waals surface area contributed by atoms with Crippen LogP contribution < -0.4 is 31.8 Å². The van der Waals surface area contributed by atoms with Gasteiger partial charge in [0.1, 0.15) is 0 Å². The Labute approximate surface area is 339 Å². The summed E-state index contributed by atoms with van der Waals surface area (Å²) in [5, 5.41) is 22.7. The molecule has 6 aromatic carbocycles. The zero-order valence-corrected chi connectivity index (χ0v) is 33.2. The summed E-state index contributed by atoms with van der Waals surface area (Å²) in [7, 11) is -6.98. The summed E-state index contributed by atoms with van der Waals surface area (Å²) in [5.74, 6) is 0.222. The van der Waals surface area contributed by atoms with Gasteiger partial charge in [-0.25, -0.2) is 0 Å². The van der Waals surface area contributed by atoms with E-state index in [0.717, 1.165) is 33.3 Å². The summed E-state index contributed by atoms with van der Waals surface area (Å²) in [6.07, 6.45) is 4.79. The largest absolute Gasteiger partial charge is 0.309 e. The number of nitrogens with zero attached hydrogens (tertiary/aromatic N) is 7. The molecule has 9 nitrogen and oxygen atoms in total. The van der Waals surface area contributed by atoms with E-state index in [2.05, 4.69) is 30.4 Å². The Bertz CT molecular complexity index is 3030. The molecule has 0 aliphatic heterocycles. The van der Waals surface area contributed by atoms with Gasteiger partial charge in [0.25, 0.3) is 5.95 Å². The molecule has 0 N–H and O–H groups in total. The van der Waals surface area contributed by atoms with Crippen molar-refractivity contribution < 1.29 is 9.13 Å². The fourth-order valence-corrected chi connectivity index (χ4v) is 13.2. The summed E-state index contributed by atoms with van der Waals surface area (Å²) in [6, 6.07) is 58.1. The van der Waals surface area contributed by atoms with Crippen molar-refractivity contribution >= 4 is 67.9 Å². The molecule has 2 atom stereocenters. The average Bonchev–Trinajstić information content (AvgIpc) is 3.65. The monoisotopic (exact) mass is 801 g/mol. The van der Waals surface area contributed by atoms with Crippen molar-refractivity contribution in [1.82, 2.24) is 34.9 Å². The molecule has 0 saturated heterocycles. The van der Waals surface area contributed by atoms with Crippen molar-refractivity contribution in [2.75, 3.05) is 0 Å². The lowest BCUT2D eigenvalue weighted by Gasteiger charge is -2.21. The summed E-state index contributed by atoms with van der Waals surface area (Å²) in [4.78, 5) is 9.13. The minimum Gasteiger partial charge on any atom is -0.309 e. The lowest BCUT2D eigenvalue weighted by atomic mass is 10.1. The molecule has 0 fully saturated rings. The van der Waals surface area contributed by atoms with Crippen molar-refractivity contribution in [3.63, 3.8) is 0 Å². The van der Waals surface area contributed by atoms with Crippen LogP contribution in [0.3, 0.4) is 0 Å². The van der Waals surface area contributed by atoms with Gasteiger partial charge in [0, 0.05) is 66.1 Å². The first-order valence-corrected chi connectivity index (χ1v) is 22.4. The third-order valence-electron chi connectivity index (χ3n) is 10.6. The van der Waals surface area contributed by atoms with Crippen LogP contribution in [0.2, 0.25) is 0 Å². The van der Waals surface area contributed by atoms with Crippen LogP contribution in [0.5, 0.6) is 0 Å².